The second kappa shape index (κ2) is 7.45. The van der Waals surface area contributed by atoms with Crippen molar-refractivity contribution in [3.63, 3.8) is 0 Å². The van der Waals surface area contributed by atoms with Crippen LogP contribution in [0.25, 0.3) is 0 Å². The molecular weight excluding hydrogens is 334 g/mol. The van der Waals surface area contributed by atoms with E-state index < -0.39 is 0 Å². The van der Waals surface area contributed by atoms with Gasteiger partial charge in [0.05, 0.1) is 6.54 Å². The molecule has 0 aromatic heterocycles. The van der Waals surface area contributed by atoms with Crippen molar-refractivity contribution < 1.29 is 9.59 Å². The van der Waals surface area contributed by atoms with Gasteiger partial charge in [-0.05, 0) is 50.5 Å². The minimum atomic E-state index is -0.365. The molecule has 5 nitrogen and oxygen atoms in total. The highest BCUT2D eigenvalue weighted by Crippen LogP contribution is 2.16. The summed E-state index contributed by atoms with van der Waals surface area (Å²) in [6.07, 6.45) is 3.25. The monoisotopic (exact) mass is 353 g/mol. The van der Waals surface area contributed by atoms with Crippen LogP contribution in [0.4, 0.5) is 10.5 Å². The highest BCUT2D eigenvalue weighted by atomic mass is 79.9. The van der Waals surface area contributed by atoms with E-state index in [4.69, 9.17) is 0 Å². The molecule has 1 saturated heterocycles. The number of hydrogen-bond donors (Lipinski definition) is 2. The molecule has 1 atom stereocenters. The summed E-state index contributed by atoms with van der Waals surface area (Å²) in [5.41, 5.74) is 0.689. The van der Waals surface area contributed by atoms with Gasteiger partial charge in [0.15, 0.2) is 0 Å². The lowest BCUT2D eigenvalue weighted by Crippen LogP contribution is -2.47. The van der Waals surface area contributed by atoms with Gasteiger partial charge in [-0.1, -0.05) is 15.9 Å². The van der Waals surface area contributed by atoms with E-state index >= 15 is 0 Å². The van der Waals surface area contributed by atoms with Gasteiger partial charge in [-0.15, -0.1) is 0 Å². The maximum Gasteiger partial charge on any atom is 0.319 e. The lowest BCUT2D eigenvalue weighted by atomic mass is 10.0. The van der Waals surface area contributed by atoms with Gasteiger partial charge in [0.2, 0.25) is 5.91 Å². The highest BCUT2D eigenvalue weighted by Gasteiger charge is 2.23. The van der Waals surface area contributed by atoms with Gasteiger partial charge in [0.1, 0.15) is 0 Å². The normalized spacial score (nSPS) is 18.2. The average Bonchev–Trinajstić information content (AvgIpc) is 2.48. The van der Waals surface area contributed by atoms with Crippen LogP contribution in [0.1, 0.15) is 26.2 Å². The maximum atomic E-state index is 12.1. The standard InChI is InChI=1S/C15H20BrN3O2/c1-11-4-2-3-9-19(11)14(20)10-17-15(21)18-13-7-5-12(16)6-8-13/h5-8,11H,2-4,9-10H2,1H3,(H2,17,18,21). The van der Waals surface area contributed by atoms with E-state index in [1.54, 1.807) is 12.1 Å². The quantitative estimate of drug-likeness (QED) is 0.877. The van der Waals surface area contributed by atoms with Crippen LogP contribution >= 0.6 is 15.9 Å². The molecule has 1 fully saturated rings. The minimum absolute atomic E-state index is 0.0202. The van der Waals surface area contributed by atoms with E-state index in [0.717, 1.165) is 23.9 Å². The summed E-state index contributed by atoms with van der Waals surface area (Å²) in [5.74, 6) is -0.0202. The second-order valence-electron chi connectivity index (χ2n) is 5.25. The minimum Gasteiger partial charge on any atom is -0.338 e. The first kappa shape index (κ1) is 15.8. The fourth-order valence-electron chi connectivity index (χ4n) is 2.43. The van der Waals surface area contributed by atoms with Crippen molar-refractivity contribution in [3.05, 3.63) is 28.7 Å². The molecule has 1 aromatic rings. The summed E-state index contributed by atoms with van der Waals surface area (Å²) in [6.45, 7) is 2.88. The number of nitrogens with zero attached hydrogens (tertiary/aromatic N) is 1. The van der Waals surface area contributed by atoms with Crippen LogP contribution in [0.5, 0.6) is 0 Å². The van der Waals surface area contributed by atoms with Crippen LogP contribution in [-0.4, -0.2) is 36.0 Å². The van der Waals surface area contributed by atoms with E-state index in [2.05, 4.69) is 33.5 Å². The molecule has 6 heteroatoms. The number of hydrogen-bond acceptors (Lipinski definition) is 2. The number of benzene rings is 1. The number of carbonyl (C=O) groups excluding carboxylic acids is 2. The van der Waals surface area contributed by atoms with E-state index in [9.17, 15) is 9.59 Å². The summed E-state index contributed by atoms with van der Waals surface area (Å²) in [7, 11) is 0. The Morgan fingerprint density at radius 3 is 2.67 bits per heavy atom. The van der Waals surface area contributed by atoms with E-state index in [1.165, 1.54) is 6.42 Å². The fourth-order valence-corrected chi connectivity index (χ4v) is 2.70. The van der Waals surface area contributed by atoms with Crippen LogP contribution in [0, 0.1) is 0 Å². The molecule has 0 saturated carbocycles. The first-order valence-corrected chi connectivity index (χ1v) is 7.95. The third kappa shape index (κ3) is 4.74. The van der Waals surface area contributed by atoms with Crippen LogP contribution < -0.4 is 10.6 Å². The molecule has 1 aliphatic heterocycles. The van der Waals surface area contributed by atoms with Gasteiger partial charge in [-0.2, -0.15) is 0 Å². The number of likely N-dealkylation sites (tertiary alicyclic amines) is 1. The van der Waals surface area contributed by atoms with E-state index in [-0.39, 0.29) is 24.5 Å². The molecule has 0 radical (unpaired) electrons. The molecule has 2 rings (SSSR count). The van der Waals surface area contributed by atoms with Crippen LogP contribution in [0.2, 0.25) is 0 Å². The predicted molar refractivity (Wildman–Crippen MR) is 86.2 cm³/mol. The zero-order valence-electron chi connectivity index (χ0n) is 12.1. The van der Waals surface area contributed by atoms with Crippen molar-refractivity contribution in [1.82, 2.24) is 10.2 Å². The predicted octanol–water partition coefficient (Wildman–Crippen LogP) is 2.97. The summed E-state index contributed by atoms with van der Waals surface area (Å²) < 4.78 is 0.947. The Kier molecular flexibility index (Phi) is 5.61. The summed E-state index contributed by atoms with van der Waals surface area (Å²) in [6, 6.07) is 7.17. The Morgan fingerprint density at radius 2 is 2.00 bits per heavy atom. The second-order valence-corrected chi connectivity index (χ2v) is 6.16. The Balaban J connectivity index is 1.78. The molecule has 2 N–H and O–H groups in total. The molecule has 1 unspecified atom stereocenters. The van der Waals surface area contributed by atoms with Crippen LogP contribution in [0.3, 0.4) is 0 Å². The molecular formula is C15H20BrN3O2. The topological polar surface area (TPSA) is 61.4 Å². The molecule has 21 heavy (non-hydrogen) atoms. The van der Waals surface area contributed by atoms with Crippen molar-refractivity contribution in [2.45, 2.75) is 32.2 Å². The number of amides is 3. The number of carbonyl (C=O) groups is 2. The van der Waals surface area contributed by atoms with Crippen molar-refractivity contribution in [2.24, 2.45) is 0 Å². The summed E-state index contributed by atoms with van der Waals surface area (Å²) in [5, 5.41) is 5.31. The van der Waals surface area contributed by atoms with Crippen molar-refractivity contribution in [1.29, 1.82) is 0 Å². The Bertz CT molecular complexity index is 504. The summed E-state index contributed by atoms with van der Waals surface area (Å²) in [4.78, 5) is 25.7. The van der Waals surface area contributed by atoms with Gasteiger partial charge >= 0.3 is 6.03 Å². The first-order chi connectivity index (χ1) is 10.1. The van der Waals surface area contributed by atoms with Gasteiger partial charge < -0.3 is 15.5 Å². The van der Waals surface area contributed by atoms with Crippen molar-refractivity contribution >= 4 is 33.6 Å². The molecule has 1 aliphatic rings. The number of rotatable bonds is 3. The number of urea groups is 1. The van der Waals surface area contributed by atoms with Crippen molar-refractivity contribution in [3.8, 4) is 0 Å². The van der Waals surface area contributed by atoms with Gasteiger partial charge in [0, 0.05) is 22.7 Å². The number of piperidine rings is 1. The Morgan fingerprint density at radius 1 is 1.29 bits per heavy atom. The Hall–Kier alpha value is -1.56. The first-order valence-electron chi connectivity index (χ1n) is 7.16. The highest BCUT2D eigenvalue weighted by molar-refractivity contribution is 9.10. The molecule has 0 spiro atoms. The van der Waals surface area contributed by atoms with Gasteiger partial charge in [-0.3, -0.25) is 4.79 Å². The molecule has 114 valence electrons. The average molecular weight is 354 g/mol. The van der Waals surface area contributed by atoms with Gasteiger partial charge in [0.25, 0.3) is 0 Å². The van der Waals surface area contributed by atoms with E-state index in [0.29, 0.717) is 5.69 Å². The zero-order chi connectivity index (χ0) is 15.2. The van der Waals surface area contributed by atoms with Crippen LogP contribution in [-0.2, 0) is 4.79 Å². The van der Waals surface area contributed by atoms with Crippen LogP contribution in [0.15, 0.2) is 28.7 Å². The smallest absolute Gasteiger partial charge is 0.319 e. The molecule has 1 aromatic carbocycles. The molecule has 1 heterocycles. The number of halogens is 1. The number of nitrogens with one attached hydrogen (secondary N) is 2. The maximum absolute atomic E-state index is 12.1. The summed E-state index contributed by atoms with van der Waals surface area (Å²) >= 11 is 3.33. The van der Waals surface area contributed by atoms with Crippen molar-refractivity contribution in [2.75, 3.05) is 18.4 Å². The largest absolute Gasteiger partial charge is 0.338 e. The number of anilines is 1. The molecule has 0 bridgehead atoms. The lowest BCUT2D eigenvalue weighted by Gasteiger charge is -2.33. The Labute approximate surface area is 133 Å². The fraction of sp³-hybridized carbons (Fsp3) is 0.467. The van der Waals surface area contributed by atoms with E-state index in [1.807, 2.05) is 17.0 Å². The lowest BCUT2D eigenvalue weighted by molar-refractivity contribution is -0.133. The molecule has 0 aliphatic carbocycles. The third-order valence-electron chi connectivity index (χ3n) is 3.63. The SMILES string of the molecule is CC1CCCCN1C(=O)CNC(=O)Nc1ccc(Br)cc1. The zero-order valence-corrected chi connectivity index (χ0v) is 13.6. The molecule has 3 amide bonds. The van der Waals surface area contributed by atoms with Gasteiger partial charge in [-0.25, -0.2) is 4.79 Å². The third-order valence-corrected chi connectivity index (χ3v) is 4.15.